The predicted octanol–water partition coefficient (Wildman–Crippen LogP) is 3.86. The summed E-state index contributed by atoms with van der Waals surface area (Å²) in [6, 6.07) is 15.8. The minimum Gasteiger partial charge on any atom is -0.289 e. The van der Waals surface area contributed by atoms with Crippen LogP contribution in [0.4, 0.5) is 5.69 Å². The van der Waals surface area contributed by atoms with Crippen molar-refractivity contribution >= 4 is 27.7 Å². The highest BCUT2D eigenvalue weighted by atomic mass is 32.2. The van der Waals surface area contributed by atoms with Crippen molar-refractivity contribution in [3.63, 3.8) is 0 Å². The summed E-state index contributed by atoms with van der Waals surface area (Å²) in [6.45, 7) is 2.30. The van der Waals surface area contributed by atoms with E-state index in [1.807, 2.05) is 49.4 Å². The Morgan fingerprint density at radius 3 is 2.59 bits per heavy atom. The third-order valence-corrected chi connectivity index (χ3v) is 4.41. The SMILES string of the molecule is CCN(c1cc(-c2ccccc2)cc2cnccc12)S(=O)O. The molecular weight excluding hydrogens is 296 g/mol. The fraction of sp³-hybridized carbons (Fsp3) is 0.118. The van der Waals surface area contributed by atoms with Crippen LogP contribution in [0.15, 0.2) is 60.9 Å². The van der Waals surface area contributed by atoms with Crippen LogP contribution in [0.25, 0.3) is 21.9 Å². The maximum Gasteiger partial charge on any atom is 0.261 e. The van der Waals surface area contributed by atoms with Crippen molar-refractivity contribution in [3.8, 4) is 11.1 Å². The normalized spacial score (nSPS) is 12.3. The number of hydrogen-bond acceptors (Lipinski definition) is 2. The van der Waals surface area contributed by atoms with E-state index in [9.17, 15) is 8.76 Å². The Morgan fingerprint density at radius 2 is 1.91 bits per heavy atom. The van der Waals surface area contributed by atoms with E-state index >= 15 is 0 Å². The van der Waals surface area contributed by atoms with Crippen molar-refractivity contribution in [2.75, 3.05) is 10.8 Å². The lowest BCUT2D eigenvalue weighted by atomic mass is 10.0. The molecule has 4 nitrogen and oxygen atoms in total. The van der Waals surface area contributed by atoms with Gasteiger partial charge in [-0.05, 0) is 36.2 Å². The van der Waals surface area contributed by atoms with E-state index in [1.54, 1.807) is 12.4 Å². The predicted molar refractivity (Wildman–Crippen MR) is 91.0 cm³/mol. The first-order chi connectivity index (χ1) is 10.7. The van der Waals surface area contributed by atoms with Crippen molar-refractivity contribution in [1.29, 1.82) is 0 Å². The third-order valence-electron chi connectivity index (χ3n) is 3.58. The van der Waals surface area contributed by atoms with Gasteiger partial charge in [-0.25, -0.2) is 4.21 Å². The Labute approximate surface area is 131 Å². The second kappa shape index (κ2) is 6.25. The molecule has 1 aromatic heterocycles. The Bertz CT molecular complexity index is 821. The zero-order chi connectivity index (χ0) is 15.5. The van der Waals surface area contributed by atoms with E-state index in [4.69, 9.17) is 0 Å². The number of fused-ring (bicyclic) bond motifs is 1. The van der Waals surface area contributed by atoms with Crippen molar-refractivity contribution < 1.29 is 8.76 Å². The number of rotatable bonds is 4. The van der Waals surface area contributed by atoms with Crippen LogP contribution in [0.1, 0.15) is 6.92 Å². The molecule has 3 aromatic rings. The van der Waals surface area contributed by atoms with Crippen molar-refractivity contribution in [2.45, 2.75) is 6.92 Å². The van der Waals surface area contributed by atoms with Gasteiger partial charge in [-0.2, -0.15) is 0 Å². The molecule has 1 N–H and O–H groups in total. The average molecular weight is 312 g/mol. The number of benzene rings is 2. The van der Waals surface area contributed by atoms with Crippen LogP contribution in [0, 0.1) is 0 Å². The van der Waals surface area contributed by atoms with Gasteiger partial charge in [0.1, 0.15) is 0 Å². The Balaban J connectivity index is 2.27. The Hall–Kier alpha value is -2.24. The molecule has 0 aliphatic heterocycles. The monoisotopic (exact) mass is 312 g/mol. The zero-order valence-corrected chi connectivity index (χ0v) is 13.0. The summed E-state index contributed by atoms with van der Waals surface area (Å²) in [5, 5.41) is 1.86. The van der Waals surface area contributed by atoms with Gasteiger partial charge in [0.15, 0.2) is 0 Å². The lowest BCUT2D eigenvalue weighted by Gasteiger charge is -2.21. The molecule has 0 radical (unpaired) electrons. The fourth-order valence-corrected chi connectivity index (χ4v) is 3.10. The topological polar surface area (TPSA) is 53.4 Å². The van der Waals surface area contributed by atoms with Gasteiger partial charge < -0.3 is 0 Å². The molecule has 1 unspecified atom stereocenters. The molecular formula is C17H16N2O2S. The number of hydrogen-bond donors (Lipinski definition) is 1. The van der Waals surface area contributed by atoms with E-state index in [1.165, 1.54) is 4.31 Å². The van der Waals surface area contributed by atoms with Crippen molar-refractivity contribution in [3.05, 3.63) is 60.9 Å². The van der Waals surface area contributed by atoms with Crippen LogP contribution in [0.5, 0.6) is 0 Å². The minimum absolute atomic E-state index is 0.443. The lowest BCUT2D eigenvalue weighted by molar-refractivity contribution is 0.560. The molecule has 0 bridgehead atoms. The molecule has 0 saturated carbocycles. The van der Waals surface area contributed by atoms with E-state index in [-0.39, 0.29) is 0 Å². The van der Waals surface area contributed by atoms with E-state index in [0.29, 0.717) is 6.54 Å². The third kappa shape index (κ3) is 2.73. The summed E-state index contributed by atoms with van der Waals surface area (Å²) in [7, 11) is 0. The standard InChI is InChI=1S/C17H16N2O2S/c1-2-19(22(20)21)17-11-14(13-6-4-3-5-7-13)10-15-12-18-9-8-16(15)17/h3-12H,2H2,1H3,(H,20,21). The summed E-state index contributed by atoms with van der Waals surface area (Å²) >= 11 is -2.06. The molecule has 2 aromatic carbocycles. The molecule has 3 rings (SSSR count). The van der Waals surface area contributed by atoms with Crippen LogP contribution in [0.3, 0.4) is 0 Å². The molecule has 5 heteroatoms. The number of aromatic nitrogens is 1. The van der Waals surface area contributed by atoms with Crippen molar-refractivity contribution in [1.82, 2.24) is 4.98 Å². The quantitative estimate of drug-likeness (QED) is 0.744. The number of anilines is 1. The van der Waals surface area contributed by atoms with Crippen molar-refractivity contribution in [2.24, 2.45) is 0 Å². The van der Waals surface area contributed by atoms with Crippen LogP contribution < -0.4 is 4.31 Å². The Morgan fingerprint density at radius 1 is 1.14 bits per heavy atom. The first-order valence-corrected chi connectivity index (χ1v) is 8.08. The molecule has 0 spiro atoms. The maximum atomic E-state index is 11.6. The molecule has 0 aliphatic carbocycles. The van der Waals surface area contributed by atoms with Gasteiger partial charge in [-0.3, -0.25) is 13.8 Å². The highest BCUT2D eigenvalue weighted by Crippen LogP contribution is 2.33. The van der Waals surface area contributed by atoms with Crippen LogP contribution >= 0.6 is 0 Å². The second-order valence-electron chi connectivity index (χ2n) is 4.88. The highest BCUT2D eigenvalue weighted by molar-refractivity contribution is 7.80. The largest absolute Gasteiger partial charge is 0.289 e. The van der Waals surface area contributed by atoms with Gasteiger partial charge in [0.05, 0.1) is 5.69 Å². The van der Waals surface area contributed by atoms with Crippen LogP contribution in [-0.4, -0.2) is 20.3 Å². The molecule has 1 atom stereocenters. The minimum atomic E-state index is -2.06. The molecule has 0 aliphatic rings. The van der Waals surface area contributed by atoms with Gasteiger partial charge in [0.2, 0.25) is 0 Å². The van der Waals surface area contributed by atoms with Gasteiger partial charge in [0, 0.05) is 29.7 Å². The van der Waals surface area contributed by atoms with E-state index in [0.717, 1.165) is 27.6 Å². The Kier molecular flexibility index (Phi) is 4.18. The van der Waals surface area contributed by atoms with Crippen LogP contribution in [-0.2, 0) is 11.3 Å². The molecule has 0 amide bonds. The number of pyridine rings is 1. The highest BCUT2D eigenvalue weighted by Gasteiger charge is 2.15. The molecule has 0 saturated heterocycles. The summed E-state index contributed by atoms with van der Waals surface area (Å²) in [5.41, 5.74) is 2.80. The van der Waals surface area contributed by atoms with Gasteiger partial charge in [0.25, 0.3) is 11.3 Å². The summed E-state index contributed by atoms with van der Waals surface area (Å²) < 4.78 is 22.7. The van der Waals surface area contributed by atoms with Gasteiger partial charge in [-0.15, -0.1) is 0 Å². The molecule has 0 fully saturated rings. The summed E-state index contributed by atoms with van der Waals surface area (Å²) in [5.74, 6) is 0. The molecule has 22 heavy (non-hydrogen) atoms. The lowest BCUT2D eigenvalue weighted by Crippen LogP contribution is -2.24. The van der Waals surface area contributed by atoms with Gasteiger partial charge in [-0.1, -0.05) is 30.3 Å². The molecule has 112 valence electrons. The summed E-state index contributed by atoms with van der Waals surface area (Å²) in [4.78, 5) is 4.16. The molecule has 1 heterocycles. The fourth-order valence-electron chi connectivity index (χ4n) is 2.56. The zero-order valence-electron chi connectivity index (χ0n) is 12.1. The first-order valence-electron chi connectivity index (χ1n) is 7.02. The smallest absolute Gasteiger partial charge is 0.261 e. The van der Waals surface area contributed by atoms with E-state index < -0.39 is 11.3 Å². The second-order valence-corrected chi connectivity index (χ2v) is 5.79. The number of nitrogens with zero attached hydrogens (tertiary/aromatic N) is 2. The average Bonchev–Trinajstić information content (AvgIpc) is 2.56. The van der Waals surface area contributed by atoms with E-state index in [2.05, 4.69) is 11.1 Å². The maximum absolute atomic E-state index is 11.6. The summed E-state index contributed by atoms with van der Waals surface area (Å²) in [6.07, 6.45) is 3.47. The van der Waals surface area contributed by atoms with Gasteiger partial charge >= 0.3 is 0 Å². The first kappa shape index (κ1) is 14.7. The van der Waals surface area contributed by atoms with Crippen LogP contribution in [0.2, 0.25) is 0 Å².